The third-order valence-corrected chi connectivity index (χ3v) is 7.80. The van der Waals surface area contributed by atoms with Gasteiger partial charge in [0.1, 0.15) is 0 Å². The number of aliphatic imine (C=N–C) groups is 1. The Labute approximate surface area is 194 Å². The first-order valence-corrected chi connectivity index (χ1v) is 13.0. The van der Waals surface area contributed by atoms with Crippen molar-refractivity contribution in [1.29, 1.82) is 0 Å². The van der Waals surface area contributed by atoms with E-state index < -0.39 is 10.0 Å². The Morgan fingerprint density at radius 2 is 1.72 bits per heavy atom. The molecule has 3 rings (SSSR count). The topological polar surface area (TPSA) is 77.0 Å². The molecule has 0 aromatic carbocycles. The Bertz CT molecular complexity index is 616. The summed E-state index contributed by atoms with van der Waals surface area (Å²) in [6.45, 7) is 8.56. The van der Waals surface area contributed by atoms with Gasteiger partial charge in [0.15, 0.2) is 5.96 Å². The van der Waals surface area contributed by atoms with Crippen LogP contribution >= 0.6 is 24.0 Å². The fourth-order valence-corrected chi connectivity index (χ4v) is 5.71. The predicted molar refractivity (Wildman–Crippen MR) is 130 cm³/mol. The Balaban J connectivity index is 0.00000300. The molecule has 9 heteroatoms. The van der Waals surface area contributed by atoms with Crippen LogP contribution < -0.4 is 10.6 Å². The maximum atomic E-state index is 11.6. The van der Waals surface area contributed by atoms with E-state index in [1.807, 2.05) is 0 Å². The molecule has 2 N–H and O–H groups in total. The second-order valence-corrected chi connectivity index (χ2v) is 10.8. The normalized spacial score (nSPS) is 25.9. The number of nitrogens with one attached hydrogen (secondary N) is 2. The van der Waals surface area contributed by atoms with E-state index in [2.05, 4.69) is 22.5 Å². The van der Waals surface area contributed by atoms with Crippen LogP contribution in [0.2, 0.25) is 0 Å². The van der Waals surface area contributed by atoms with Crippen LogP contribution in [0.15, 0.2) is 4.99 Å². The molecule has 0 aromatic heterocycles. The summed E-state index contributed by atoms with van der Waals surface area (Å²) in [7, 11) is -3.05. The van der Waals surface area contributed by atoms with Crippen LogP contribution in [-0.2, 0) is 10.0 Å². The van der Waals surface area contributed by atoms with Gasteiger partial charge in [-0.1, -0.05) is 12.8 Å². The number of hydrogen-bond donors (Lipinski definition) is 2. The summed E-state index contributed by atoms with van der Waals surface area (Å²) in [6.07, 6.45) is 9.94. The number of guanidine groups is 1. The lowest BCUT2D eigenvalue weighted by atomic mass is 9.98. The minimum absolute atomic E-state index is 0. The van der Waals surface area contributed by atoms with Crippen molar-refractivity contribution in [1.82, 2.24) is 19.8 Å². The lowest BCUT2D eigenvalue weighted by molar-refractivity contribution is 0.275. The van der Waals surface area contributed by atoms with Gasteiger partial charge in [0.25, 0.3) is 0 Å². The molecule has 2 aliphatic heterocycles. The quantitative estimate of drug-likeness (QED) is 0.293. The summed E-state index contributed by atoms with van der Waals surface area (Å²) in [5.41, 5.74) is 0. The second-order valence-electron chi connectivity index (χ2n) is 8.87. The van der Waals surface area contributed by atoms with Gasteiger partial charge >= 0.3 is 0 Å². The molecule has 0 amide bonds. The number of likely N-dealkylation sites (tertiary alicyclic amines) is 1. The second kappa shape index (κ2) is 12.0. The van der Waals surface area contributed by atoms with Crippen LogP contribution in [0.5, 0.6) is 0 Å². The van der Waals surface area contributed by atoms with Crippen LogP contribution in [0.25, 0.3) is 0 Å². The van der Waals surface area contributed by atoms with E-state index >= 15 is 0 Å². The smallest absolute Gasteiger partial charge is 0.211 e. The number of nitrogens with zero attached hydrogens (tertiary/aromatic N) is 3. The Morgan fingerprint density at radius 3 is 2.34 bits per heavy atom. The average molecular weight is 542 g/mol. The summed E-state index contributed by atoms with van der Waals surface area (Å²) in [6, 6.07) is 0.478. The molecule has 3 fully saturated rings. The average Bonchev–Trinajstić information content (AvgIpc) is 3.32. The first kappa shape index (κ1) is 25.1. The molecule has 1 unspecified atom stereocenters. The summed E-state index contributed by atoms with van der Waals surface area (Å²) >= 11 is 0. The first-order valence-electron chi connectivity index (χ1n) is 11.2. The molecule has 0 bridgehead atoms. The molecule has 3 aliphatic rings. The molecule has 1 aliphatic carbocycles. The number of halogens is 1. The number of sulfonamides is 1. The van der Waals surface area contributed by atoms with Gasteiger partial charge in [0.2, 0.25) is 10.0 Å². The fourth-order valence-electron chi connectivity index (χ4n) is 4.83. The summed E-state index contributed by atoms with van der Waals surface area (Å²) in [5, 5.41) is 7.02. The van der Waals surface area contributed by atoms with Crippen molar-refractivity contribution in [2.24, 2.45) is 16.8 Å². The van der Waals surface area contributed by atoms with Crippen LogP contribution in [0.1, 0.15) is 51.9 Å². The van der Waals surface area contributed by atoms with Crippen molar-refractivity contribution in [3.05, 3.63) is 0 Å². The van der Waals surface area contributed by atoms with Crippen LogP contribution in [0, 0.1) is 11.8 Å². The van der Waals surface area contributed by atoms with Gasteiger partial charge in [-0.25, -0.2) is 12.7 Å². The largest absolute Gasteiger partial charge is 0.357 e. The molecular formula is C20H40IN5O2S. The molecule has 170 valence electrons. The van der Waals surface area contributed by atoms with Crippen molar-refractivity contribution < 1.29 is 8.42 Å². The minimum atomic E-state index is -3.05. The zero-order chi connectivity index (χ0) is 20.0. The lowest BCUT2D eigenvalue weighted by Crippen LogP contribution is -2.45. The lowest BCUT2D eigenvalue weighted by Gasteiger charge is -2.29. The Hall–Kier alpha value is -0.130. The van der Waals surface area contributed by atoms with Gasteiger partial charge in [0, 0.05) is 51.9 Å². The number of hydrogen-bond acceptors (Lipinski definition) is 4. The van der Waals surface area contributed by atoms with Gasteiger partial charge < -0.3 is 15.5 Å². The molecule has 1 saturated carbocycles. The predicted octanol–water partition coefficient (Wildman–Crippen LogP) is 2.10. The standard InChI is InChI=1S/C20H39N5O2S.HI/c1-3-21-20(22-14-17-8-12-25(13-9-17)28(2,26)27)23-19-10-11-24(16-19)15-18-6-4-5-7-18;/h17-19H,3-16H2,1-2H3,(H2,21,22,23);1H. The molecule has 0 aromatic rings. The van der Waals surface area contributed by atoms with Gasteiger partial charge in [-0.15, -0.1) is 24.0 Å². The molecule has 2 heterocycles. The summed E-state index contributed by atoms with van der Waals surface area (Å²) in [4.78, 5) is 7.45. The van der Waals surface area contributed by atoms with Crippen molar-refractivity contribution in [3.8, 4) is 0 Å². The number of piperidine rings is 1. The maximum Gasteiger partial charge on any atom is 0.211 e. The van der Waals surface area contributed by atoms with E-state index in [0.717, 1.165) is 44.4 Å². The van der Waals surface area contributed by atoms with E-state index in [-0.39, 0.29) is 24.0 Å². The highest BCUT2D eigenvalue weighted by Gasteiger charge is 2.27. The van der Waals surface area contributed by atoms with Crippen LogP contribution in [-0.4, -0.2) is 81.7 Å². The van der Waals surface area contributed by atoms with Crippen molar-refractivity contribution in [2.45, 2.75) is 57.9 Å². The summed E-state index contributed by atoms with van der Waals surface area (Å²) < 4.78 is 24.9. The van der Waals surface area contributed by atoms with Gasteiger partial charge in [0.05, 0.1) is 6.26 Å². The van der Waals surface area contributed by atoms with Gasteiger partial charge in [-0.3, -0.25) is 4.99 Å². The third kappa shape index (κ3) is 8.14. The minimum Gasteiger partial charge on any atom is -0.357 e. The zero-order valence-corrected chi connectivity index (χ0v) is 21.3. The van der Waals surface area contributed by atoms with Crippen molar-refractivity contribution in [2.75, 3.05) is 52.1 Å². The monoisotopic (exact) mass is 541 g/mol. The highest BCUT2D eigenvalue weighted by atomic mass is 127. The maximum absolute atomic E-state index is 11.6. The molecular weight excluding hydrogens is 501 g/mol. The van der Waals surface area contributed by atoms with E-state index in [1.54, 1.807) is 4.31 Å². The Kier molecular flexibility index (Phi) is 10.4. The van der Waals surface area contributed by atoms with Gasteiger partial charge in [-0.05, 0) is 50.9 Å². The first-order chi connectivity index (χ1) is 13.4. The molecule has 0 radical (unpaired) electrons. The van der Waals surface area contributed by atoms with Crippen LogP contribution in [0.4, 0.5) is 0 Å². The van der Waals surface area contributed by atoms with E-state index in [9.17, 15) is 8.42 Å². The van der Waals surface area contributed by atoms with Crippen molar-refractivity contribution >= 4 is 40.0 Å². The Morgan fingerprint density at radius 1 is 1.03 bits per heavy atom. The highest BCUT2D eigenvalue weighted by molar-refractivity contribution is 14.0. The third-order valence-electron chi connectivity index (χ3n) is 6.50. The SMILES string of the molecule is CCNC(=NCC1CCN(S(C)(=O)=O)CC1)NC1CCN(CC2CCCC2)C1.I. The molecule has 29 heavy (non-hydrogen) atoms. The van der Waals surface area contributed by atoms with Crippen LogP contribution in [0.3, 0.4) is 0 Å². The summed E-state index contributed by atoms with van der Waals surface area (Å²) in [5.74, 6) is 2.30. The van der Waals surface area contributed by atoms with E-state index in [4.69, 9.17) is 4.99 Å². The molecule has 2 saturated heterocycles. The van der Waals surface area contributed by atoms with E-state index in [0.29, 0.717) is 25.0 Å². The highest BCUT2D eigenvalue weighted by Crippen LogP contribution is 2.26. The molecule has 7 nitrogen and oxygen atoms in total. The number of rotatable bonds is 7. The molecule has 0 spiro atoms. The van der Waals surface area contributed by atoms with E-state index in [1.165, 1.54) is 51.4 Å². The van der Waals surface area contributed by atoms with Gasteiger partial charge in [-0.2, -0.15) is 0 Å². The molecule has 1 atom stereocenters. The fraction of sp³-hybridized carbons (Fsp3) is 0.950. The van der Waals surface area contributed by atoms with Crippen molar-refractivity contribution in [3.63, 3.8) is 0 Å². The zero-order valence-electron chi connectivity index (χ0n) is 18.1.